The lowest BCUT2D eigenvalue weighted by molar-refractivity contribution is -0.141. The Morgan fingerprint density at radius 1 is 0.783 bits per heavy atom. The molecule has 4 aliphatic heterocycles. The minimum atomic E-state index is -0.796. The normalized spacial score (nSPS) is 18.8. The van der Waals surface area contributed by atoms with Gasteiger partial charge < -0.3 is 24.7 Å². The molecule has 0 radical (unpaired) electrons. The van der Waals surface area contributed by atoms with E-state index in [9.17, 15) is 19.8 Å². The largest absolute Gasteiger partial charge is 0.512 e. The molecule has 1 aromatic rings. The van der Waals surface area contributed by atoms with Crippen molar-refractivity contribution < 1.29 is 29.3 Å². The summed E-state index contributed by atoms with van der Waals surface area (Å²) in [6.07, 6.45) is 7.97. The first-order chi connectivity index (χ1) is 21.8. The van der Waals surface area contributed by atoms with E-state index in [4.69, 9.17) is 24.5 Å². The van der Waals surface area contributed by atoms with E-state index in [1.54, 1.807) is 13.8 Å². The molecule has 0 saturated carbocycles. The smallest absolute Gasteiger partial charge is 0.305 e. The van der Waals surface area contributed by atoms with Crippen molar-refractivity contribution in [1.82, 2.24) is 4.98 Å². The van der Waals surface area contributed by atoms with Crippen LogP contribution in [-0.2, 0) is 19.1 Å². The van der Waals surface area contributed by atoms with E-state index >= 15 is 0 Å². The van der Waals surface area contributed by atoms with Crippen LogP contribution in [0.2, 0.25) is 0 Å². The van der Waals surface area contributed by atoms with Gasteiger partial charge in [0.1, 0.15) is 0 Å². The zero-order chi connectivity index (χ0) is 33.4. The highest BCUT2D eigenvalue weighted by atomic mass is 16.5. The monoisotopic (exact) mass is 624 g/mol. The first-order valence-corrected chi connectivity index (χ1v) is 15.3. The first kappa shape index (κ1) is 32.6. The molecule has 0 fully saturated rings. The fourth-order valence-corrected chi connectivity index (χ4v) is 6.34. The molecule has 0 spiro atoms. The molecule has 0 saturated heterocycles. The second-order valence-electron chi connectivity index (χ2n) is 11.8. The number of H-pyrrole nitrogens is 1. The van der Waals surface area contributed by atoms with Gasteiger partial charge >= 0.3 is 11.9 Å². The van der Waals surface area contributed by atoms with Gasteiger partial charge in [-0.05, 0) is 112 Å². The van der Waals surface area contributed by atoms with Crippen molar-refractivity contribution in [2.45, 2.75) is 73.3 Å². The lowest BCUT2D eigenvalue weighted by Gasteiger charge is -2.09. The van der Waals surface area contributed by atoms with Crippen LogP contribution in [0.3, 0.4) is 0 Å². The summed E-state index contributed by atoms with van der Waals surface area (Å²) in [4.78, 5) is 42.8. The molecule has 5 heterocycles. The molecule has 0 aromatic carbocycles. The van der Waals surface area contributed by atoms with Gasteiger partial charge in [0.05, 0.1) is 65.7 Å². The SMILES string of the molecule is COC(=O)CCC1=C(C)C2=NC1=CC1=NC(=Cc3[nH]c(/c(=C(\C)O)c3C)=CC3=NC(=C2)C(C(C)O)=C3C)C(C)=C1CCC(=O)OC. The molecule has 10 nitrogen and oxygen atoms in total. The molecule has 240 valence electrons. The fraction of sp³-hybridized carbons (Fsp3) is 0.361. The van der Waals surface area contributed by atoms with Gasteiger partial charge in [0.25, 0.3) is 0 Å². The lowest BCUT2D eigenvalue weighted by Crippen LogP contribution is -2.27. The quantitative estimate of drug-likeness (QED) is 0.381. The molecule has 4 aliphatic rings. The number of aliphatic hydroxyl groups excluding tert-OH is 2. The minimum Gasteiger partial charge on any atom is -0.512 e. The summed E-state index contributed by atoms with van der Waals surface area (Å²) in [6, 6.07) is 0. The number of aliphatic imine (C=N–C) groups is 3. The van der Waals surface area contributed by atoms with E-state index in [0.717, 1.165) is 39.1 Å². The first-order valence-electron chi connectivity index (χ1n) is 15.3. The van der Waals surface area contributed by atoms with Crippen LogP contribution in [0.5, 0.6) is 0 Å². The number of ether oxygens (including phenoxy) is 2. The van der Waals surface area contributed by atoms with Crippen molar-refractivity contribution in [1.29, 1.82) is 0 Å². The van der Waals surface area contributed by atoms with Gasteiger partial charge in [-0.25, -0.2) is 15.0 Å². The molecule has 8 bridgehead atoms. The summed E-state index contributed by atoms with van der Waals surface area (Å²) in [6.45, 7) is 11.1. The number of nitrogens with zero attached hydrogens (tertiary/aromatic N) is 3. The van der Waals surface area contributed by atoms with Crippen molar-refractivity contribution in [2.75, 3.05) is 14.2 Å². The maximum absolute atomic E-state index is 12.2. The highest BCUT2D eigenvalue weighted by molar-refractivity contribution is 6.24. The second-order valence-corrected chi connectivity index (χ2v) is 11.8. The Kier molecular flexibility index (Phi) is 9.12. The number of aromatic nitrogens is 1. The van der Waals surface area contributed by atoms with Crippen molar-refractivity contribution in [3.05, 3.63) is 84.5 Å². The zero-order valence-corrected chi connectivity index (χ0v) is 27.6. The highest BCUT2D eigenvalue weighted by Gasteiger charge is 2.28. The molecule has 1 atom stereocenters. The van der Waals surface area contributed by atoms with E-state index in [2.05, 4.69) is 4.98 Å². The number of esters is 2. The van der Waals surface area contributed by atoms with Crippen molar-refractivity contribution in [3.8, 4) is 0 Å². The van der Waals surface area contributed by atoms with E-state index in [-0.39, 0.29) is 30.5 Å². The van der Waals surface area contributed by atoms with Gasteiger partial charge in [-0.15, -0.1) is 0 Å². The Balaban J connectivity index is 1.82. The van der Waals surface area contributed by atoms with E-state index in [0.29, 0.717) is 63.2 Å². The number of carbonyl (C=O) groups excluding carboxylic acids is 2. The Morgan fingerprint density at radius 2 is 1.35 bits per heavy atom. The van der Waals surface area contributed by atoms with Crippen LogP contribution in [0.25, 0.3) is 17.9 Å². The summed E-state index contributed by atoms with van der Waals surface area (Å²) in [5, 5.41) is 22.9. The third kappa shape index (κ3) is 6.04. The number of allylic oxidation sites excluding steroid dienone is 7. The van der Waals surface area contributed by atoms with Crippen molar-refractivity contribution >= 4 is 47.0 Å². The molecular formula is C36H40N4O6. The molecule has 1 aromatic heterocycles. The van der Waals surface area contributed by atoms with E-state index in [1.807, 2.05) is 52.0 Å². The molecule has 10 heteroatoms. The van der Waals surface area contributed by atoms with Crippen LogP contribution >= 0.6 is 0 Å². The molecule has 5 rings (SSSR count). The molecule has 0 aliphatic carbocycles. The zero-order valence-electron chi connectivity index (χ0n) is 27.6. The topological polar surface area (TPSA) is 146 Å². The average Bonchev–Trinajstić information content (AvgIpc) is 3.67. The number of fused-ring (bicyclic) bond motifs is 5. The van der Waals surface area contributed by atoms with Crippen molar-refractivity contribution in [2.24, 2.45) is 15.0 Å². The Bertz CT molecular complexity index is 1960. The Hall–Kier alpha value is -4.83. The predicted molar refractivity (Wildman–Crippen MR) is 180 cm³/mol. The highest BCUT2D eigenvalue weighted by Crippen LogP contribution is 2.36. The maximum atomic E-state index is 12.2. The summed E-state index contributed by atoms with van der Waals surface area (Å²) >= 11 is 0. The molecule has 0 amide bonds. The standard InChI is InChI=1S/C36H40N4O6/c1-17-23(9-11-33(43)45-7)29-16-30-24(10-12-34(44)46-8)18(2)26(38-30)14-31-36(22(6)42)20(4)28(40-31)15-32-35(21(5)41)19(3)27(39-32)13-25(17)37-29/h13-16,22,39,41-42H,9-12H2,1-8H3/b25-13?,30-16?,31-14?,32-15?,35-21+. The number of methoxy groups -OCH3 is 2. The summed E-state index contributed by atoms with van der Waals surface area (Å²) < 4.78 is 9.85. The van der Waals surface area contributed by atoms with Crippen LogP contribution in [0.1, 0.15) is 71.6 Å². The fourth-order valence-electron chi connectivity index (χ4n) is 6.34. The van der Waals surface area contributed by atoms with Gasteiger partial charge in [0.2, 0.25) is 0 Å². The number of carbonyl (C=O) groups is 2. The third-order valence-electron chi connectivity index (χ3n) is 8.90. The third-order valence-corrected chi connectivity index (χ3v) is 8.90. The summed E-state index contributed by atoms with van der Waals surface area (Å²) in [5.74, 6) is -0.487. The van der Waals surface area contributed by atoms with Crippen LogP contribution < -0.4 is 10.6 Å². The lowest BCUT2D eigenvalue weighted by atomic mass is 9.96. The average molecular weight is 625 g/mol. The predicted octanol–water partition coefficient (Wildman–Crippen LogP) is 4.51. The maximum Gasteiger partial charge on any atom is 0.305 e. The van der Waals surface area contributed by atoms with Crippen LogP contribution in [0.15, 0.2) is 77.7 Å². The number of nitrogens with one attached hydrogen (secondary N) is 1. The van der Waals surface area contributed by atoms with Crippen molar-refractivity contribution in [3.63, 3.8) is 0 Å². The van der Waals surface area contributed by atoms with E-state index in [1.165, 1.54) is 14.2 Å². The van der Waals surface area contributed by atoms with Crippen LogP contribution in [0, 0.1) is 6.92 Å². The summed E-state index contributed by atoms with van der Waals surface area (Å²) in [5.41, 5.74) is 10.6. The Morgan fingerprint density at radius 3 is 1.96 bits per heavy atom. The molecular weight excluding hydrogens is 584 g/mol. The number of aliphatic hydroxyl groups is 2. The Labute approximate surface area is 268 Å². The van der Waals surface area contributed by atoms with Crippen LogP contribution in [0.4, 0.5) is 0 Å². The summed E-state index contributed by atoms with van der Waals surface area (Å²) in [7, 11) is 2.74. The number of hydrogen-bond donors (Lipinski definition) is 3. The van der Waals surface area contributed by atoms with Crippen LogP contribution in [-0.4, -0.2) is 64.6 Å². The van der Waals surface area contributed by atoms with Gasteiger partial charge in [0.15, 0.2) is 0 Å². The van der Waals surface area contributed by atoms with Gasteiger partial charge in [-0.2, -0.15) is 0 Å². The number of aromatic amines is 1. The second kappa shape index (κ2) is 12.9. The molecule has 46 heavy (non-hydrogen) atoms. The number of hydrogen-bond acceptors (Lipinski definition) is 9. The molecule has 3 N–H and O–H groups in total. The van der Waals surface area contributed by atoms with Gasteiger partial charge in [-0.1, -0.05) is 0 Å². The van der Waals surface area contributed by atoms with Gasteiger partial charge in [-0.3, -0.25) is 9.59 Å². The van der Waals surface area contributed by atoms with Gasteiger partial charge in [0, 0.05) is 29.3 Å². The van der Waals surface area contributed by atoms with E-state index < -0.39 is 6.10 Å². The molecule has 1 unspecified atom stereocenters. The minimum absolute atomic E-state index is 0.160. The number of rotatable bonds is 7.